The first-order valence-corrected chi connectivity index (χ1v) is 16.2. The van der Waals surface area contributed by atoms with Crippen LogP contribution in [0, 0.1) is 23.1 Å². The van der Waals surface area contributed by atoms with Gasteiger partial charge in [-0.25, -0.2) is 8.60 Å². The minimum absolute atomic E-state index is 0.0208. The molecular formula is C30H36BFN2O5S. The van der Waals surface area contributed by atoms with Crippen molar-refractivity contribution in [2.75, 3.05) is 12.5 Å². The predicted octanol–water partition coefficient (Wildman–Crippen LogP) is 5.47. The van der Waals surface area contributed by atoms with Crippen LogP contribution >= 0.6 is 0 Å². The van der Waals surface area contributed by atoms with E-state index in [4.69, 9.17) is 13.7 Å². The highest BCUT2D eigenvalue weighted by Crippen LogP contribution is 2.65. The summed E-state index contributed by atoms with van der Waals surface area (Å²) >= 11 is 0. The van der Waals surface area contributed by atoms with Gasteiger partial charge in [-0.3, -0.25) is 4.79 Å². The second-order valence-electron chi connectivity index (χ2n) is 12.7. The third-order valence-corrected chi connectivity index (χ3v) is 9.98. The Bertz CT molecular complexity index is 1590. The summed E-state index contributed by atoms with van der Waals surface area (Å²) in [4.78, 5) is 13.3. The third kappa shape index (κ3) is 4.88. The minimum Gasteiger partial charge on any atom is -0.464 e. The molecular weight excluding hydrogens is 530 g/mol. The summed E-state index contributed by atoms with van der Waals surface area (Å²) < 4.78 is 49.6. The van der Waals surface area contributed by atoms with E-state index in [0.717, 1.165) is 29.4 Å². The lowest BCUT2D eigenvalue weighted by Crippen LogP contribution is -2.65. The zero-order valence-corrected chi connectivity index (χ0v) is 24.4. The highest BCUT2D eigenvalue weighted by molar-refractivity contribution is 7.92. The van der Waals surface area contributed by atoms with Crippen LogP contribution in [0.3, 0.4) is 0 Å². The summed E-state index contributed by atoms with van der Waals surface area (Å²) in [6.07, 6.45) is 7.12. The zero-order chi connectivity index (χ0) is 28.4. The molecule has 4 fully saturated rings. The van der Waals surface area contributed by atoms with Gasteiger partial charge in [0.1, 0.15) is 17.1 Å². The fraction of sp³-hybridized carbons (Fsp3) is 0.500. The molecule has 7 rings (SSSR count). The fourth-order valence-corrected chi connectivity index (χ4v) is 7.75. The average molecular weight is 567 g/mol. The Morgan fingerprint density at radius 3 is 2.70 bits per heavy atom. The quantitative estimate of drug-likeness (QED) is 0.383. The molecule has 1 aromatic heterocycles. The number of benzene rings is 2. The molecule has 10 heteroatoms. The van der Waals surface area contributed by atoms with Crippen LogP contribution < -0.4 is 5.32 Å². The predicted molar refractivity (Wildman–Crippen MR) is 154 cm³/mol. The third-order valence-electron chi connectivity index (χ3n) is 9.34. The molecule has 0 spiro atoms. The van der Waals surface area contributed by atoms with E-state index in [1.807, 2.05) is 24.3 Å². The van der Waals surface area contributed by atoms with Crippen LogP contribution in [-0.2, 0) is 36.7 Å². The van der Waals surface area contributed by atoms with E-state index >= 15 is 0 Å². The van der Waals surface area contributed by atoms with Crippen LogP contribution in [0.2, 0.25) is 0 Å². The van der Waals surface area contributed by atoms with Crippen LogP contribution in [0.15, 0.2) is 57.5 Å². The van der Waals surface area contributed by atoms with Gasteiger partial charge in [-0.2, -0.15) is 4.36 Å². The van der Waals surface area contributed by atoms with Crippen LogP contribution in [0.4, 0.5) is 10.1 Å². The number of hydrogen-bond donors (Lipinski definition) is 1. The molecule has 3 saturated carbocycles. The summed E-state index contributed by atoms with van der Waals surface area (Å²) in [6.45, 7) is 6.79. The monoisotopic (exact) mass is 566 g/mol. The number of nitrogens with one attached hydrogen (secondary N) is 1. The number of halogens is 1. The number of rotatable bonds is 7. The standard InChI is InChI=1S/C30H36BFN2O5S/c1-29(2)20-15-25(29)30(3)26(16-20)38-31(39-30)27(14-19-17-37-24-9-7-6-8-21(19)24)33-28(35)13-18-10-11-23(22(32)12-18)34-40(4,5)36/h6-12,17,20,25-27H,13-16H2,1-5H3,(H,33,35)/t20-,25-,26+,27-,30-/m0/s1. The molecule has 40 heavy (non-hydrogen) atoms. The molecule has 1 N–H and O–H groups in total. The summed E-state index contributed by atoms with van der Waals surface area (Å²) in [5.74, 6) is -0.340. The smallest absolute Gasteiger partial charge is 0.464 e. The number of hydrogen-bond acceptors (Lipinski definition) is 6. The molecule has 2 bridgehead atoms. The highest BCUT2D eigenvalue weighted by Gasteiger charge is 2.68. The molecule has 4 aliphatic rings. The maximum Gasteiger partial charge on any atom is 0.482 e. The van der Waals surface area contributed by atoms with Crippen LogP contribution in [-0.4, -0.2) is 47.4 Å². The van der Waals surface area contributed by atoms with Gasteiger partial charge in [-0.15, -0.1) is 0 Å². The molecule has 3 aliphatic carbocycles. The van der Waals surface area contributed by atoms with Crippen molar-refractivity contribution in [2.24, 2.45) is 21.6 Å². The maximum atomic E-state index is 14.7. The molecule has 2 aromatic carbocycles. The molecule has 1 amide bonds. The minimum atomic E-state index is -2.50. The number of fused-ring (bicyclic) bond motifs is 1. The summed E-state index contributed by atoms with van der Waals surface area (Å²) in [5.41, 5.74) is 2.05. The Kier molecular flexibility index (Phi) is 6.67. The number of carbonyl (C=O) groups is 1. The van der Waals surface area contributed by atoms with Gasteiger partial charge < -0.3 is 19.0 Å². The van der Waals surface area contributed by atoms with Crippen molar-refractivity contribution < 1.29 is 27.1 Å². The molecule has 0 unspecified atom stereocenters. The molecule has 7 nitrogen and oxygen atoms in total. The first-order valence-electron chi connectivity index (χ1n) is 13.9. The SMILES string of the molecule is CC1(C)[C@@H]2C[C@H]3OB([C@H](Cc4coc5ccccc45)NC(=O)Cc4ccc(N=S(C)(C)=O)c(F)c4)O[C@@]3(C)[C@H]1C2. The molecule has 1 saturated heterocycles. The molecule has 2 heterocycles. The van der Waals surface area contributed by atoms with E-state index in [1.165, 1.54) is 24.6 Å². The molecule has 5 atom stereocenters. The normalized spacial score (nSPS) is 27.6. The van der Waals surface area contributed by atoms with E-state index in [9.17, 15) is 13.4 Å². The van der Waals surface area contributed by atoms with Crippen molar-refractivity contribution in [1.82, 2.24) is 5.32 Å². The van der Waals surface area contributed by atoms with Crippen molar-refractivity contribution in [3.05, 3.63) is 65.7 Å². The van der Waals surface area contributed by atoms with Crippen molar-refractivity contribution in [2.45, 2.75) is 64.1 Å². The molecule has 3 aromatic rings. The topological polar surface area (TPSA) is 90.1 Å². The zero-order valence-electron chi connectivity index (χ0n) is 23.6. The highest BCUT2D eigenvalue weighted by atomic mass is 32.2. The van der Waals surface area contributed by atoms with E-state index < -0.39 is 34.2 Å². The number of amides is 1. The van der Waals surface area contributed by atoms with Gasteiger partial charge in [0.25, 0.3) is 0 Å². The second kappa shape index (κ2) is 9.70. The average Bonchev–Trinajstić information content (AvgIpc) is 3.45. The lowest BCUT2D eigenvalue weighted by molar-refractivity contribution is -0.199. The fourth-order valence-electron chi connectivity index (χ4n) is 7.13. The van der Waals surface area contributed by atoms with Gasteiger partial charge in [-0.05, 0) is 72.8 Å². The van der Waals surface area contributed by atoms with Crippen molar-refractivity contribution >= 4 is 39.4 Å². The van der Waals surface area contributed by atoms with Crippen LogP contribution in [0.5, 0.6) is 0 Å². The van der Waals surface area contributed by atoms with Crippen molar-refractivity contribution in [3.63, 3.8) is 0 Å². The van der Waals surface area contributed by atoms with Crippen LogP contribution in [0.25, 0.3) is 11.0 Å². The number of furan rings is 1. The van der Waals surface area contributed by atoms with E-state index in [1.54, 1.807) is 12.3 Å². The first-order chi connectivity index (χ1) is 18.8. The Morgan fingerprint density at radius 2 is 1.98 bits per heavy atom. The van der Waals surface area contributed by atoms with Crippen LogP contribution in [0.1, 0.15) is 44.7 Å². The number of para-hydroxylation sites is 1. The van der Waals surface area contributed by atoms with Gasteiger partial charge in [0.05, 0.1) is 30.3 Å². The molecule has 1 aliphatic heterocycles. The van der Waals surface area contributed by atoms with E-state index in [-0.39, 0.29) is 29.5 Å². The van der Waals surface area contributed by atoms with Gasteiger partial charge in [0, 0.05) is 27.6 Å². The van der Waals surface area contributed by atoms with Gasteiger partial charge in [0.15, 0.2) is 0 Å². The Hall–Kier alpha value is -2.69. The first kappa shape index (κ1) is 27.5. The van der Waals surface area contributed by atoms with Gasteiger partial charge >= 0.3 is 7.12 Å². The molecule has 0 radical (unpaired) electrons. The van der Waals surface area contributed by atoms with Crippen molar-refractivity contribution in [1.29, 1.82) is 0 Å². The van der Waals surface area contributed by atoms with Crippen molar-refractivity contribution in [3.8, 4) is 0 Å². The lowest BCUT2D eigenvalue weighted by atomic mass is 9.43. The van der Waals surface area contributed by atoms with Gasteiger partial charge in [0.2, 0.25) is 5.91 Å². The Labute approximate surface area is 235 Å². The summed E-state index contributed by atoms with van der Waals surface area (Å²) in [7, 11) is -3.13. The number of nitrogens with zero attached hydrogens (tertiary/aromatic N) is 1. The summed E-state index contributed by atoms with van der Waals surface area (Å²) in [5, 5.41) is 4.12. The number of carbonyl (C=O) groups excluding carboxylic acids is 1. The second-order valence-corrected chi connectivity index (χ2v) is 15.3. The maximum absolute atomic E-state index is 14.7. The van der Waals surface area contributed by atoms with E-state index in [2.05, 4.69) is 30.5 Å². The summed E-state index contributed by atoms with van der Waals surface area (Å²) in [6, 6.07) is 12.2. The largest absolute Gasteiger partial charge is 0.482 e. The van der Waals surface area contributed by atoms with Gasteiger partial charge in [-0.1, -0.05) is 38.1 Å². The Balaban J connectivity index is 1.24. The molecule has 212 valence electrons. The lowest BCUT2D eigenvalue weighted by Gasteiger charge is -2.64. The Morgan fingerprint density at radius 1 is 1.20 bits per heavy atom. The van der Waals surface area contributed by atoms with E-state index in [0.29, 0.717) is 23.8 Å².